The maximum atomic E-state index is 13.9. The number of aliphatic imine (C=N–C) groups is 1. The van der Waals surface area contributed by atoms with Crippen LogP contribution >= 0.6 is 0 Å². The van der Waals surface area contributed by atoms with Crippen LogP contribution in [0.4, 0.5) is 10.1 Å². The number of rotatable bonds is 5. The van der Waals surface area contributed by atoms with E-state index in [4.69, 9.17) is 4.84 Å². The van der Waals surface area contributed by atoms with Crippen LogP contribution in [0, 0.1) is 5.82 Å². The molecule has 2 atom stereocenters. The van der Waals surface area contributed by atoms with Crippen LogP contribution in [-0.2, 0) is 4.84 Å². The average Bonchev–Trinajstić information content (AvgIpc) is 3.52. The Morgan fingerprint density at radius 2 is 2.16 bits per heavy atom. The smallest absolute Gasteiger partial charge is 0.199 e. The van der Waals surface area contributed by atoms with E-state index < -0.39 is 0 Å². The molecule has 3 aliphatic rings. The first-order valence-electron chi connectivity index (χ1n) is 10.5. The zero-order chi connectivity index (χ0) is 20.9. The number of oxime groups is 1. The highest BCUT2D eigenvalue weighted by Gasteiger charge is 2.37. The third-order valence-electron chi connectivity index (χ3n) is 6.39. The molecule has 6 rings (SSSR count). The molecule has 3 aromatic rings. The highest BCUT2D eigenvalue weighted by Crippen LogP contribution is 2.36. The van der Waals surface area contributed by atoms with Crippen LogP contribution < -0.4 is 5.32 Å². The Labute approximate surface area is 178 Å². The number of aromatic hydroxyl groups is 1. The number of piperazine rings is 1. The first kappa shape index (κ1) is 18.5. The molecule has 0 radical (unpaired) electrons. The van der Waals surface area contributed by atoms with Crippen LogP contribution in [0.5, 0.6) is 5.88 Å². The van der Waals surface area contributed by atoms with Gasteiger partial charge in [0.15, 0.2) is 5.88 Å². The highest BCUT2D eigenvalue weighted by atomic mass is 19.1. The summed E-state index contributed by atoms with van der Waals surface area (Å²) in [5, 5.41) is 19.1. The van der Waals surface area contributed by atoms with Crippen LogP contribution in [-0.4, -0.2) is 64.7 Å². The SMILES string of the molecule is Oc1[nH]c2ccc(F)cc2c1C1=Nc2ccccc2/C1=N\OCCN1C[C@@H]2C[C@H]1CN2. The van der Waals surface area contributed by atoms with Crippen molar-refractivity contribution in [2.24, 2.45) is 10.1 Å². The van der Waals surface area contributed by atoms with Crippen molar-refractivity contribution in [1.82, 2.24) is 15.2 Å². The standard InChI is InChI=1S/C23H22FN5O2/c24-13-5-6-19-17(9-13)20(23(30)27-19)22-21(16-3-1-2-4-18(16)26-22)28-31-8-7-29-12-14-10-15(29)11-25-14/h1-6,9,14-15,25,27,30H,7-8,10-12H2/b28-21+/t14-,15-/m0/s1. The largest absolute Gasteiger partial charge is 0.494 e. The number of nitrogens with one attached hydrogen (secondary N) is 2. The monoisotopic (exact) mass is 419 g/mol. The minimum atomic E-state index is -0.381. The van der Waals surface area contributed by atoms with Crippen molar-refractivity contribution in [2.75, 3.05) is 26.2 Å². The number of aromatic nitrogens is 1. The van der Waals surface area contributed by atoms with Crippen LogP contribution in [0.1, 0.15) is 17.5 Å². The molecule has 0 aliphatic carbocycles. The van der Waals surface area contributed by atoms with Gasteiger partial charge in [-0.2, -0.15) is 0 Å². The summed E-state index contributed by atoms with van der Waals surface area (Å²) in [5.41, 5.74) is 3.64. The van der Waals surface area contributed by atoms with E-state index in [0.717, 1.165) is 30.9 Å². The third kappa shape index (κ3) is 3.10. The lowest BCUT2D eigenvalue weighted by Crippen LogP contribution is -2.44. The average molecular weight is 419 g/mol. The number of H-pyrrole nitrogens is 1. The summed E-state index contributed by atoms with van der Waals surface area (Å²) in [5.74, 6) is -0.451. The fraction of sp³-hybridized carbons (Fsp3) is 0.304. The summed E-state index contributed by atoms with van der Waals surface area (Å²) in [4.78, 5) is 15.8. The Morgan fingerprint density at radius 3 is 3.00 bits per heavy atom. The molecule has 2 fully saturated rings. The Kier molecular flexibility index (Phi) is 4.29. The second kappa shape index (κ2) is 7.18. The molecule has 1 aromatic heterocycles. The Morgan fingerprint density at radius 1 is 1.26 bits per heavy atom. The molecule has 0 saturated carbocycles. The zero-order valence-electron chi connectivity index (χ0n) is 16.8. The molecule has 2 bridgehead atoms. The van der Waals surface area contributed by atoms with E-state index in [-0.39, 0.29) is 11.7 Å². The van der Waals surface area contributed by atoms with Crippen molar-refractivity contribution in [3.8, 4) is 5.88 Å². The van der Waals surface area contributed by atoms with Crippen LogP contribution in [0.15, 0.2) is 52.6 Å². The third-order valence-corrected chi connectivity index (χ3v) is 6.39. The van der Waals surface area contributed by atoms with Crippen molar-refractivity contribution >= 4 is 28.0 Å². The number of para-hydroxylation sites is 1. The number of hydrogen-bond acceptors (Lipinski definition) is 6. The van der Waals surface area contributed by atoms with Gasteiger partial charge in [0.25, 0.3) is 0 Å². The van der Waals surface area contributed by atoms with Gasteiger partial charge in [-0.3, -0.25) is 4.90 Å². The predicted molar refractivity (Wildman–Crippen MR) is 117 cm³/mol. The van der Waals surface area contributed by atoms with Gasteiger partial charge < -0.3 is 20.2 Å². The molecule has 3 aliphatic heterocycles. The molecule has 0 amide bonds. The molecule has 31 heavy (non-hydrogen) atoms. The Hall–Kier alpha value is -3.23. The first-order chi connectivity index (χ1) is 15.2. The molecular weight excluding hydrogens is 397 g/mol. The number of benzene rings is 2. The van der Waals surface area contributed by atoms with Gasteiger partial charge in [-0.1, -0.05) is 23.4 Å². The Balaban J connectivity index is 1.31. The lowest BCUT2D eigenvalue weighted by Gasteiger charge is -2.26. The van der Waals surface area contributed by atoms with E-state index in [1.54, 1.807) is 6.07 Å². The zero-order valence-corrected chi connectivity index (χ0v) is 16.8. The number of aromatic amines is 1. The number of nitrogens with zero attached hydrogens (tertiary/aromatic N) is 3. The topological polar surface area (TPSA) is 85.2 Å². The number of likely N-dealkylation sites (tertiary alicyclic amines) is 1. The second-order valence-electron chi connectivity index (χ2n) is 8.28. The summed E-state index contributed by atoms with van der Waals surface area (Å²) in [6.07, 6.45) is 1.20. The van der Waals surface area contributed by atoms with Gasteiger partial charge in [-0.15, -0.1) is 0 Å². The van der Waals surface area contributed by atoms with Gasteiger partial charge in [-0.25, -0.2) is 9.38 Å². The molecule has 2 aromatic carbocycles. The lowest BCUT2D eigenvalue weighted by atomic mass is 10.0. The summed E-state index contributed by atoms with van der Waals surface area (Å²) in [6.45, 7) is 3.38. The maximum absolute atomic E-state index is 13.9. The Bertz CT molecular complexity index is 1230. The van der Waals surface area contributed by atoms with Crippen molar-refractivity contribution in [3.63, 3.8) is 0 Å². The summed E-state index contributed by atoms with van der Waals surface area (Å²) in [6, 6.07) is 13.1. The maximum Gasteiger partial charge on any atom is 0.199 e. The van der Waals surface area contributed by atoms with Crippen molar-refractivity contribution < 1.29 is 14.3 Å². The van der Waals surface area contributed by atoms with E-state index in [1.165, 1.54) is 18.6 Å². The normalized spacial score (nSPS) is 23.6. The van der Waals surface area contributed by atoms with Gasteiger partial charge in [0, 0.05) is 48.2 Å². The molecule has 2 saturated heterocycles. The lowest BCUT2D eigenvalue weighted by molar-refractivity contribution is 0.101. The number of hydrogen-bond donors (Lipinski definition) is 3. The van der Waals surface area contributed by atoms with Gasteiger partial charge in [0.1, 0.15) is 23.8 Å². The molecule has 8 heteroatoms. The van der Waals surface area contributed by atoms with Crippen LogP contribution in [0.25, 0.3) is 10.9 Å². The molecule has 4 heterocycles. The number of fused-ring (bicyclic) bond motifs is 4. The fourth-order valence-electron chi connectivity index (χ4n) is 4.92. The fourth-order valence-corrected chi connectivity index (χ4v) is 4.92. The van der Waals surface area contributed by atoms with Crippen LogP contribution in [0.3, 0.4) is 0 Å². The van der Waals surface area contributed by atoms with Crippen molar-refractivity contribution in [1.29, 1.82) is 0 Å². The second-order valence-corrected chi connectivity index (χ2v) is 8.28. The molecular formula is C23H22FN5O2. The van der Waals surface area contributed by atoms with Crippen molar-refractivity contribution in [2.45, 2.75) is 18.5 Å². The predicted octanol–water partition coefficient (Wildman–Crippen LogP) is 2.91. The minimum Gasteiger partial charge on any atom is -0.494 e. The van der Waals surface area contributed by atoms with E-state index in [1.807, 2.05) is 24.3 Å². The molecule has 0 spiro atoms. The van der Waals surface area contributed by atoms with Gasteiger partial charge in [-0.05, 0) is 30.7 Å². The van der Waals surface area contributed by atoms with Crippen LogP contribution in [0.2, 0.25) is 0 Å². The highest BCUT2D eigenvalue weighted by molar-refractivity contribution is 6.58. The summed E-state index contributed by atoms with van der Waals surface area (Å²) in [7, 11) is 0. The quantitative estimate of drug-likeness (QED) is 0.439. The van der Waals surface area contributed by atoms with E-state index in [9.17, 15) is 9.50 Å². The summed E-state index contributed by atoms with van der Waals surface area (Å²) >= 11 is 0. The van der Waals surface area contributed by atoms with Gasteiger partial charge in [0.2, 0.25) is 0 Å². The minimum absolute atomic E-state index is 0.0690. The number of halogens is 1. The van der Waals surface area contributed by atoms with E-state index >= 15 is 0 Å². The molecule has 0 unspecified atom stereocenters. The molecule has 158 valence electrons. The van der Waals surface area contributed by atoms with E-state index in [2.05, 4.69) is 25.3 Å². The molecule has 3 N–H and O–H groups in total. The first-order valence-corrected chi connectivity index (χ1v) is 10.5. The van der Waals surface area contributed by atoms with Crippen molar-refractivity contribution in [3.05, 3.63) is 59.4 Å². The summed E-state index contributed by atoms with van der Waals surface area (Å²) < 4.78 is 13.9. The van der Waals surface area contributed by atoms with Gasteiger partial charge >= 0.3 is 0 Å². The van der Waals surface area contributed by atoms with Gasteiger partial charge in [0.05, 0.1) is 11.3 Å². The molecule has 7 nitrogen and oxygen atoms in total. The van der Waals surface area contributed by atoms with E-state index in [0.29, 0.717) is 46.6 Å².